The number of nitro groups is 2. The zero-order valence-electron chi connectivity index (χ0n) is 16.5. The van der Waals surface area contributed by atoms with Gasteiger partial charge in [0.15, 0.2) is 10.3 Å². The van der Waals surface area contributed by atoms with E-state index in [2.05, 4.69) is 15.3 Å². The number of nitrogens with one attached hydrogen (secondary N) is 1. The van der Waals surface area contributed by atoms with Gasteiger partial charge >= 0.3 is 10.0 Å². The Hall–Kier alpha value is -2.73. The molecule has 0 aliphatic heterocycles. The first kappa shape index (κ1) is 28.5. The lowest BCUT2D eigenvalue weighted by Crippen LogP contribution is -2.09. The van der Waals surface area contributed by atoms with Crippen molar-refractivity contribution < 1.29 is 19.4 Å². The molecule has 0 fully saturated rings. The number of hydrogen-bond donors (Lipinski definition) is 2. The molecular weight excluding hydrogens is 607 g/mol. The van der Waals surface area contributed by atoms with Crippen molar-refractivity contribution in [2.24, 2.45) is 0 Å². The Morgan fingerprint density at radius 3 is 1.77 bits per heavy atom. The summed E-state index contributed by atoms with van der Waals surface area (Å²) in [7, 11) is 0. The SMILES string of the molecule is Nc1nc(Cl)c([N+](=O)[O-])s1.O=C(Cl)c1cccs1.O=C(Nc1nc(Cl)c([N+](=O)[O-])s1)c1cccs1. The standard InChI is InChI=1S/C8H4ClN3O3S2.C5H3ClOS.C3H2ClN3O2S/c9-5-7(12(14)15)17-8(10-5)11-6(13)4-2-1-3-16-4;6-5(7)4-2-1-3-8-4;4-1-2(7(8)9)10-3(5)6-1/h1-3H,(H,10,11,13);1-3H;(H2,5,6). The molecule has 0 atom stereocenters. The van der Waals surface area contributed by atoms with Crippen LogP contribution in [0, 0.1) is 20.2 Å². The lowest BCUT2D eigenvalue weighted by atomic mass is 10.4. The van der Waals surface area contributed by atoms with E-state index < -0.39 is 9.85 Å². The Bertz CT molecular complexity index is 1330. The number of thiazole rings is 2. The Labute approximate surface area is 226 Å². The van der Waals surface area contributed by atoms with Gasteiger partial charge in [-0.1, -0.05) is 35.3 Å². The van der Waals surface area contributed by atoms with Crippen LogP contribution in [0.15, 0.2) is 35.0 Å². The van der Waals surface area contributed by atoms with Crippen molar-refractivity contribution in [2.45, 2.75) is 0 Å². The molecule has 4 heterocycles. The fourth-order valence-corrected chi connectivity index (χ4v) is 5.06. The van der Waals surface area contributed by atoms with Gasteiger partial charge in [-0.2, -0.15) is 0 Å². The van der Waals surface area contributed by atoms with Crippen molar-refractivity contribution in [1.82, 2.24) is 9.97 Å². The zero-order chi connectivity index (χ0) is 26.1. The fraction of sp³-hybridized carbons (Fsp3) is 0. The molecule has 0 aliphatic carbocycles. The molecular formula is C16H9Cl3N6O6S4. The van der Waals surface area contributed by atoms with Gasteiger partial charge in [0.25, 0.3) is 11.1 Å². The summed E-state index contributed by atoms with van der Waals surface area (Å²) in [5.41, 5.74) is 5.14. The molecule has 4 aromatic heterocycles. The number of anilines is 2. The highest BCUT2D eigenvalue weighted by atomic mass is 35.5. The van der Waals surface area contributed by atoms with Crippen LogP contribution < -0.4 is 11.1 Å². The molecule has 3 N–H and O–H groups in total. The third kappa shape index (κ3) is 8.77. The van der Waals surface area contributed by atoms with Gasteiger partial charge < -0.3 is 5.73 Å². The van der Waals surface area contributed by atoms with E-state index in [-0.39, 0.29) is 41.7 Å². The van der Waals surface area contributed by atoms with E-state index in [0.29, 0.717) is 9.75 Å². The first-order valence-corrected chi connectivity index (χ1v) is 13.0. The number of carbonyl (C=O) groups is 2. The number of thiophene rings is 2. The summed E-state index contributed by atoms with van der Waals surface area (Å²) in [4.78, 5) is 49.5. The van der Waals surface area contributed by atoms with Crippen molar-refractivity contribution in [2.75, 3.05) is 11.1 Å². The average Bonchev–Trinajstić information content (AvgIpc) is 3.57. The van der Waals surface area contributed by atoms with Crippen LogP contribution in [0.1, 0.15) is 19.3 Å². The maximum atomic E-state index is 11.6. The number of amides is 1. The van der Waals surface area contributed by atoms with Crippen LogP contribution in [-0.4, -0.2) is 31.0 Å². The van der Waals surface area contributed by atoms with Crippen molar-refractivity contribution in [3.05, 3.63) is 75.3 Å². The van der Waals surface area contributed by atoms with E-state index in [1.807, 2.05) is 5.38 Å². The predicted molar refractivity (Wildman–Crippen MR) is 139 cm³/mol. The summed E-state index contributed by atoms with van der Waals surface area (Å²) in [6, 6.07) is 6.86. The molecule has 0 radical (unpaired) electrons. The summed E-state index contributed by atoms with van der Waals surface area (Å²) < 4.78 is 0. The van der Waals surface area contributed by atoms with E-state index in [9.17, 15) is 29.8 Å². The van der Waals surface area contributed by atoms with Crippen molar-refractivity contribution >= 4 is 112 Å². The van der Waals surface area contributed by atoms with Crippen LogP contribution in [-0.2, 0) is 0 Å². The maximum Gasteiger partial charge on any atom is 0.364 e. The Kier molecular flexibility index (Phi) is 10.9. The molecule has 4 aromatic rings. The minimum Gasteiger partial charge on any atom is -0.375 e. The smallest absolute Gasteiger partial charge is 0.364 e. The largest absolute Gasteiger partial charge is 0.375 e. The molecule has 184 valence electrons. The quantitative estimate of drug-likeness (QED) is 0.145. The summed E-state index contributed by atoms with van der Waals surface area (Å²) in [5, 5.41) is 25.6. The van der Waals surface area contributed by atoms with Crippen molar-refractivity contribution in [3.63, 3.8) is 0 Å². The van der Waals surface area contributed by atoms with Gasteiger partial charge in [-0.15, -0.1) is 22.7 Å². The molecule has 1 amide bonds. The molecule has 0 saturated heterocycles. The highest BCUT2D eigenvalue weighted by molar-refractivity contribution is 7.19. The Morgan fingerprint density at radius 1 is 0.914 bits per heavy atom. The maximum absolute atomic E-state index is 11.6. The van der Waals surface area contributed by atoms with Gasteiger partial charge in [-0.3, -0.25) is 35.1 Å². The number of carbonyl (C=O) groups excluding carboxylic acids is 2. The molecule has 0 aromatic carbocycles. The van der Waals surface area contributed by atoms with Crippen molar-refractivity contribution in [3.8, 4) is 0 Å². The topological polar surface area (TPSA) is 184 Å². The van der Waals surface area contributed by atoms with Gasteiger partial charge in [-0.05, 0) is 57.2 Å². The average molecular weight is 616 g/mol. The van der Waals surface area contributed by atoms with Crippen LogP contribution >= 0.6 is 80.1 Å². The highest BCUT2D eigenvalue weighted by Gasteiger charge is 2.21. The van der Waals surface area contributed by atoms with E-state index in [1.165, 1.54) is 22.7 Å². The summed E-state index contributed by atoms with van der Waals surface area (Å²) >= 11 is 20.1. The first-order chi connectivity index (χ1) is 16.5. The third-order valence-corrected chi connectivity index (χ3v) is 7.73. The molecule has 0 aliphatic rings. The van der Waals surface area contributed by atoms with E-state index >= 15 is 0 Å². The summed E-state index contributed by atoms with van der Waals surface area (Å²) in [5.74, 6) is -0.361. The predicted octanol–water partition coefficient (Wildman–Crippen LogP) is 6.43. The number of aromatic nitrogens is 2. The van der Waals surface area contributed by atoms with Gasteiger partial charge in [0, 0.05) is 0 Å². The molecule has 4 rings (SSSR count). The third-order valence-electron chi connectivity index (χ3n) is 3.17. The van der Waals surface area contributed by atoms with E-state index in [1.54, 1.807) is 29.6 Å². The van der Waals surface area contributed by atoms with Crippen LogP contribution in [0.5, 0.6) is 0 Å². The number of nitrogens with two attached hydrogens (primary N) is 1. The second kappa shape index (κ2) is 13.4. The second-order valence-corrected chi connectivity index (χ2v) is 10.4. The first-order valence-electron chi connectivity index (χ1n) is 8.44. The van der Waals surface area contributed by atoms with E-state index in [4.69, 9.17) is 40.5 Å². The Morgan fingerprint density at radius 2 is 1.43 bits per heavy atom. The molecule has 35 heavy (non-hydrogen) atoms. The molecule has 12 nitrogen and oxygen atoms in total. The van der Waals surface area contributed by atoms with Crippen LogP contribution in [0.4, 0.5) is 20.3 Å². The Balaban J connectivity index is 0.000000204. The molecule has 0 unspecified atom stereocenters. The monoisotopic (exact) mass is 614 g/mol. The van der Waals surface area contributed by atoms with E-state index in [0.717, 1.165) is 22.7 Å². The zero-order valence-corrected chi connectivity index (χ0v) is 22.1. The number of nitrogens with zero attached hydrogens (tertiary/aromatic N) is 4. The number of hydrogen-bond acceptors (Lipinski definition) is 13. The number of nitrogen functional groups attached to an aromatic ring is 1. The van der Waals surface area contributed by atoms with Crippen LogP contribution in [0.2, 0.25) is 10.3 Å². The van der Waals surface area contributed by atoms with Crippen LogP contribution in [0.25, 0.3) is 0 Å². The minimum absolute atomic E-state index is 0.108. The molecule has 0 saturated carbocycles. The lowest BCUT2D eigenvalue weighted by Gasteiger charge is -1.96. The van der Waals surface area contributed by atoms with Gasteiger partial charge in [0.2, 0.25) is 10.3 Å². The minimum atomic E-state index is -0.638. The molecule has 0 bridgehead atoms. The second-order valence-electron chi connectivity index (χ2n) is 5.46. The van der Waals surface area contributed by atoms with Gasteiger partial charge in [0.1, 0.15) is 0 Å². The normalized spacial score (nSPS) is 9.80. The number of halogens is 3. The summed E-state index contributed by atoms with van der Waals surface area (Å²) in [6.07, 6.45) is 0. The van der Waals surface area contributed by atoms with Crippen LogP contribution in [0.3, 0.4) is 0 Å². The molecule has 0 spiro atoms. The van der Waals surface area contributed by atoms with Crippen molar-refractivity contribution in [1.29, 1.82) is 0 Å². The van der Waals surface area contributed by atoms with Gasteiger partial charge in [0.05, 0.1) is 19.6 Å². The van der Waals surface area contributed by atoms with Gasteiger partial charge in [-0.25, -0.2) is 9.97 Å². The highest BCUT2D eigenvalue weighted by Crippen LogP contribution is 2.34. The lowest BCUT2D eigenvalue weighted by molar-refractivity contribution is -0.380. The molecule has 19 heteroatoms. The fourth-order valence-electron chi connectivity index (χ4n) is 1.84. The summed E-state index contributed by atoms with van der Waals surface area (Å²) in [6.45, 7) is 0. The number of rotatable bonds is 5.